The van der Waals surface area contributed by atoms with Gasteiger partial charge in [-0.2, -0.15) is 5.10 Å². The van der Waals surface area contributed by atoms with Crippen LogP contribution in [-0.2, 0) is 13.1 Å². The Bertz CT molecular complexity index is 627. The number of fused-ring (bicyclic) bond motifs is 1. The molecule has 112 valence electrons. The van der Waals surface area contributed by atoms with Crippen LogP contribution in [0.2, 0.25) is 0 Å². The number of rotatable bonds is 4. The lowest BCUT2D eigenvalue weighted by Gasteiger charge is -2.12. The highest BCUT2D eigenvalue weighted by Gasteiger charge is 2.15. The first-order valence-corrected chi connectivity index (χ1v) is 7.90. The van der Waals surface area contributed by atoms with Crippen LogP contribution in [0.15, 0.2) is 29.0 Å². The predicted molar refractivity (Wildman–Crippen MR) is 85.0 cm³/mol. The fourth-order valence-corrected chi connectivity index (χ4v) is 2.82. The highest BCUT2D eigenvalue weighted by molar-refractivity contribution is 9.10. The molecular formula is C15H18BrN3O2. The zero-order valence-electron chi connectivity index (χ0n) is 11.9. The van der Waals surface area contributed by atoms with Crippen LogP contribution in [0.1, 0.15) is 18.9 Å². The smallest absolute Gasteiger partial charge is 0.175 e. The molecular weight excluding hydrogens is 334 g/mol. The summed E-state index contributed by atoms with van der Waals surface area (Å²) in [5.74, 6) is 1.61. The van der Waals surface area contributed by atoms with E-state index in [9.17, 15) is 0 Å². The van der Waals surface area contributed by atoms with E-state index < -0.39 is 0 Å². The molecule has 0 spiro atoms. The quantitative estimate of drug-likeness (QED) is 0.916. The maximum absolute atomic E-state index is 5.74. The van der Waals surface area contributed by atoms with Gasteiger partial charge >= 0.3 is 0 Å². The third-order valence-corrected chi connectivity index (χ3v) is 3.90. The summed E-state index contributed by atoms with van der Waals surface area (Å²) in [4.78, 5) is 0. The fourth-order valence-electron chi connectivity index (χ4n) is 2.22. The minimum Gasteiger partial charge on any atom is -0.490 e. The third-order valence-electron chi connectivity index (χ3n) is 3.32. The number of nitrogens with zero attached hydrogens (tertiary/aromatic N) is 2. The number of ether oxygens (including phenoxy) is 2. The largest absolute Gasteiger partial charge is 0.490 e. The lowest BCUT2D eigenvalue weighted by Crippen LogP contribution is -2.01. The van der Waals surface area contributed by atoms with Gasteiger partial charge in [0, 0.05) is 25.7 Å². The van der Waals surface area contributed by atoms with E-state index in [1.807, 2.05) is 23.1 Å². The zero-order chi connectivity index (χ0) is 14.7. The molecule has 0 aliphatic carbocycles. The Morgan fingerprint density at radius 3 is 3.00 bits per heavy atom. The van der Waals surface area contributed by atoms with Crippen LogP contribution in [0.4, 0.5) is 5.69 Å². The maximum atomic E-state index is 5.74. The summed E-state index contributed by atoms with van der Waals surface area (Å²) < 4.78 is 14.3. The first-order chi connectivity index (χ1) is 10.3. The number of hydrogen-bond donors (Lipinski definition) is 1. The summed E-state index contributed by atoms with van der Waals surface area (Å²) in [5.41, 5.74) is 2.15. The first-order valence-electron chi connectivity index (χ1n) is 7.10. The second-order valence-corrected chi connectivity index (χ2v) is 5.75. The molecule has 0 radical (unpaired) electrons. The molecule has 1 aromatic carbocycles. The maximum Gasteiger partial charge on any atom is 0.175 e. The number of aryl methyl sites for hydroxylation is 1. The second kappa shape index (κ2) is 6.39. The van der Waals surface area contributed by atoms with Crippen LogP contribution in [0.25, 0.3) is 0 Å². The molecule has 2 aromatic rings. The van der Waals surface area contributed by atoms with Gasteiger partial charge in [-0.3, -0.25) is 4.68 Å². The average Bonchev–Trinajstić information content (AvgIpc) is 2.82. The fraction of sp³-hybridized carbons (Fsp3) is 0.400. The van der Waals surface area contributed by atoms with Crippen molar-refractivity contribution in [2.75, 3.05) is 18.5 Å². The molecule has 3 rings (SSSR count). The van der Waals surface area contributed by atoms with Gasteiger partial charge in [-0.25, -0.2) is 0 Å². The van der Waals surface area contributed by atoms with Crippen LogP contribution in [0.3, 0.4) is 0 Å². The highest BCUT2D eigenvalue weighted by Crippen LogP contribution is 2.38. The monoisotopic (exact) mass is 351 g/mol. The Kier molecular flexibility index (Phi) is 4.34. The van der Waals surface area contributed by atoms with E-state index in [4.69, 9.17) is 9.47 Å². The van der Waals surface area contributed by atoms with Crippen molar-refractivity contribution < 1.29 is 9.47 Å². The van der Waals surface area contributed by atoms with Gasteiger partial charge in [-0.1, -0.05) is 0 Å². The van der Waals surface area contributed by atoms with Crippen molar-refractivity contribution in [1.82, 2.24) is 9.78 Å². The van der Waals surface area contributed by atoms with Crippen molar-refractivity contribution in [2.45, 2.75) is 26.4 Å². The Labute approximate surface area is 132 Å². The van der Waals surface area contributed by atoms with E-state index in [0.29, 0.717) is 19.8 Å². The van der Waals surface area contributed by atoms with Gasteiger partial charge in [-0.15, -0.1) is 0 Å². The van der Waals surface area contributed by atoms with Crippen LogP contribution in [0, 0.1) is 0 Å². The lowest BCUT2D eigenvalue weighted by molar-refractivity contribution is 0.296. The molecule has 0 bridgehead atoms. The molecule has 0 atom stereocenters. The standard InChI is InChI=1S/C15H18BrN3O2/c1-2-19-10-12(9-18-19)17-8-11-6-13(16)15-14(7-11)20-4-3-5-21-15/h6-7,9-10,17H,2-5,8H2,1H3. The van der Waals surface area contributed by atoms with Crippen LogP contribution in [0.5, 0.6) is 11.5 Å². The van der Waals surface area contributed by atoms with Crippen LogP contribution < -0.4 is 14.8 Å². The molecule has 0 saturated heterocycles. The summed E-state index contributed by atoms with van der Waals surface area (Å²) in [6, 6.07) is 4.09. The zero-order valence-corrected chi connectivity index (χ0v) is 13.5. The van der Waals surface area contributed by atoms with Gasteiger partial charge < -0.3 is 14.8 Å². The number of anilines is 1. The van der Waals surface area contributed by atoms with Crippen LogP contribution >= 0.6 is 15.9 Å². The molecule has 1 aromatic heterocycles. The Balaban J connectivity index is 1.73. The van der Waals surface area contributed by atoms with E-state index in [1.54, 1.807) is 0 Å². The van der Waals surface area contributed by atoms with Gasteiger partial charge in [0.15, 0.2) is 11.5 Å². The van der Waals surface area contributed by atoms with Gasteiger partial charge in [0.25, 0.3) is 0 Å². The molecule has 0 saturated carbocycles. The van der Waals surface area contributed by atoms with Gasteiger partial charge in [0.1, 0.15) is 0 Å². The number of benzene rings is 1. The number of halogens is 1. The molecule has 6 heteroatoms. The van der Waals surface area contributed by atoms with Crippen molar-refractivity contribution in [3.05, 3.63) is 34.6 Å². The number of nitrogens with one attached hydrogen (secondary N) is 1. The van der Waals surface area contributed by atoms with E-state index in [2.05, 4.69) is 39.3 Å². The first kappa shape index (κ1) is 14.3. The Morgan fingerprint density at radius 1 is 1.33 bits per heavy atom. The SMILES string of the molecule is CCn1cc(NCc2cc(Br)c3c(c2)OCCCO3)cn1. The molecule has 1 N–H and O–H groups in total. The van der Waals surface area contributed by atoms with Crippen molar-refractivity contribution in [2.24, 2.45) is 0 Å². The minimum absolute atomic E-state index is 0.694. The van der Waals surface area contributed by atoms with E-state index in [1.165, 1.54) is 0 Å². The van der Waals surface area contributed by atoms with Gasteiger partial charge in [-0.05, 0) is 40.5 Å². The van der Waals surface area contributed by atoms with Crippen molar-refractivity contribution >= 4 is 21.6 Å². The molecule has 0 fully saturated rings. The molecule has 1 aliphatic heterocycles. The predicted octanol–water partition coefficient (Wildman–Crippen LogP) is 3.44. The average molecular weight is 352 g/mol. The van der Waals surface area contributed by atoms with Gasteiger partial charge in [0.05, 0.1) is 29.6 Å². The molecule has 0 amide bonds. The summed E-state index contributed by atoms with van der Waals surface area (Å²) in [5, 5.41) is 7.61. The molecule has 21 heavy (non-hydrogen) atoms. The summed E-state index contributed by atoms with van der Waals surface area (Å²) >= 11 is 3.56. The number of hydrogen-bond acceptors (Lipinski definition) is 4. The number of aromatic nitrogens is 2. The third kappa shape index (κ3) is 3.32. The van der Waals surface area contributed by atoms with E-state index >= 15 is 0 Å². The highest BCUT2D eigenvalue weighted by atomic mass is 79.9. The Hall–Kier alpha value is -1.69. The van der Waals surface area contributed by atoms with Crippen molar-refractivity contribution in [3.8, 4) is 11.5 Å². The van der Waals surface area contributed by atoms with Crippen molar-refractivity contribution in [3.63, 3.8) is 0 Å². The Morgan fingerprint density at radius 2 is 2.19 bits per heavy atom. The molecule has 0 unspecified atom stereocenters. The normalized spacial score (nSPS) is 13.8. The van der Waals surface area contributed by atoms with Gasteiger partial charge in [0.2, 0.25) is 0 Å². The summed E-state index contributed by atoms with van der Waals surface area (Å²) in [7, 11) is 0. The van der Waals surface area contributed by atoms with E-state index in [0.717, 1.165) is 40.2 Å². The van der Waals surface area contributed by atoms with Crippen molar-refractivity contribution in [1.29, 1.82) is 0 Å². The lowest BCUT2D eigenvalue weighted by atomic mass is 10.2. The van der Waals surface area contributed by atoms with Crippen LogP contribution in [-0.4, -0.2) is 23.0 Å². The second-order valence-electron chi connectivity index (χ2n) is 4.89. The topological polar surface area (TPSA) is 48.3 Å². The molecule has 1 aliphatic rings. The van der Waals surface area contributed by atoms with E-state index in [-0.39, 0.29) is 0 Å². The summed E-state index contributed by atoms with van der Waals surface area (Å²) in [6.45, 7) is 5.04. The molecule has 5 nitrogen and oxygen atoms in total. The molecule has 2 heterocycles. The summed E-state index contributed by atoms with van der Waals surface area (Å²) in [6.07, 6.45) is 4.74. The minimum atomic E-state index is 0.694.